The molecule has 0 aromatic heterocycles. The van der Waals surface area contributed by atoms with Gasteiger partial charge in [-0.1, -0.05) is 0 Å². The first-order valence-corrected chi connectivity index (χ1v) is 6.24. The molecule has 0 spiro atoms. The molecule has 0 aliphatic heterocycles. The summed E-state index contributed by atoms with van der Waals surface area (Å²) < 4.78 is 36.6. The highest BCUT2D eigenvalue weighted by Gasteiger charge is 2.37. The number of aromatic carboxylic acids is 1. The van der Waals surface area contributed by atoms with E-state index in [2.05, 4.69) is 0 Å². The molecule has 0 saturated heterocycles. The number of hydrogen-bond donors (Lipinski definition) is 1. The van der Waals surface area contributed by atoms with Crippen LogP contribution < -0.4 is 0 Å². The third kappa shape index (κ3) is 1.80. The molecule has 1 aliphatic rings. The maximum absolute atomic E-state index is 13.0. The fraction of sp³-hybridized carbons (Fsp3) is 0.300. The summed E-state index contributed by atoms with van der Waals surface area (Å²) >= 11 is 0. The van der Waals surface area contributed by atoms with Gasteiger partial charge in [0, 0.05) is 0 Å². The zero-order valence-electron chi connectivity index (χ0n) is 8.18. The quantitative estimate of drug-likeness (QED) is 0.817. The van der Waals surface area contributed by atoms with Gasteiger partial charge in [-0.2, -0.15) is 0 Å². The molecule has 0 unspecified atom stereocenters. The molecule has 1 fully saturated rings. The number of carboxylic acid groups (broad SMARTS) is 1. The van der Waals surface area contributed by atoms with Gasteiger partial charge in [-0.15, -0.1) is 0 Å². The topological polar surface area (TPSA) is 71.4 Å². The zero-order valence-corrected chi connectivity index (χ0v) is 9.00. The minimum Gasteiger partial charge on any atom is -0.478 e. The van der Waals surface area contributed by atoms with Crippen molar-refractivity contribution < 1.29 is 22.7 Å². The minimum absolute atomic E-state index is 0.117. The summed E-state index contributed by atoms with van der Waals surface area (Å²) in [5.74, 6) is -2.40. The van der Waals surface area contributed by atoms with Crippen molar-refractivity contribution in [2.75, 3.05) is 0 Å². The third-order valence-electron chi connectivity index (χ3n) is 2.46. The van der Waals surface area contributed by atoms with Crippen molar-refractivity contribution in [3.05, 3.63) is 29.6 Å². The highest BCUT2D eigenvalue weighted by molar-refractivity contribution is 7.92. The third-order valence-corrected chi connectivity index (χ3v) is 4.72. The van der Waals surface area contributed by atoms with E-state index in [9.17, 15) is 17.6 Å². The first-order chi connectivity index (χ1) is 7.43. The van der Waals surface area contributed by atoms with E-state index in [4.69, 9.17) is 5.11 Å². The molecule has 16 heavy (non-hydrogen) atoms. The fourth-order valence-electron chi connectivity index (χ4n) is 1.42. The predicted molar refractivity (Wildman–Crippen MR) is 53.6 cm³/mol. The van der Waals surface area contributed by atoms with Crippen molar-refractivity contribution in [1.29, 1.82) is 0 Å². The second kappa shape index (κ2) is 3.55. The number of benzene rings is 1. The van der Waals surface area contributed by atoms with Gasteiger partial charge in [0.1, 0.15) is 5.82 Å². The largest absolute Gasteiger partial charge is 0.478 e. The lowest BCUT2D eigenvalue weighted by molar-refractivity contribution is 0.0691. The van der Waals surface area contributed by atoms with Crippen molar-refractivity contribution in [2.45, 2.75) is 23.0 Å². The Hall–Kier alpha value is -1.43. The Labute approximate surface area is 91.6 Å². The van der Waals surface area contributed by atoms with E-state index in [0.717, 1.165) is 18.2 Å². The van der Waals surface area contributed by atoms with Crippen LogP contribution in [0.25, 0.3) is 0 Å². The van der Waals surface area contributed by atoms with Gasteiger partial charge in [0.2, 0.25) is 0 Å². The van der Waals surface area contributed by atoms with Crippen LogP contribution in [0.2, 0.25) is 0 Å². The number of carbonyl (C=O) groups is 1. The first-order valence-electron chi connectivity index (χ1n) is 4.69. The Kier molecular flexibility index (Phi) is 2.46. The van der Waals surface area contributed by atoms with Gasteiger partial charge in [-0.05, 0) is 31.0 Å². The van der Waals surface area contributed by atoms with E-state index in [-0.39, 0.29) is 4.90 Å². The van der Waals surface area contributed by atoms with Crippen molar-refractivity contribution in [3.8, 4) is 0 Å². The molecule has 1 aromatic carbocycles. The molecule has 0 atom stereocenters. The minimum atomic E-state index is -3.47. The monoisotopic (exact) mass is 244 g/mol. The average Bonchev–Trinajstić information content (AvgIpc) is 3.00. The molecule has 0 amide bonds. The summed E-state index contributed by atoms with van der Waals surface area (Å²) in [4.78, 5) is 10.5. The molecule has 2 rings (SSSR count). The lowest BCUT2D eigenvalue weighted by atomic mass is 10.2. The van der Waals surface area contributed by atoms with Crippen LogP contribution in [0.5, 0.6) is 0 Å². The van der Waals surface area contributed by atoms with E-state index in [1.807, 2.05) is 0 Å². The summed E-state index contributed by atoms with van der Waals surface area (Å²) in [6.45, 7) is 0. The smallest absolute Gasteiger partial charge is 0.338 e. The van der Waals surface area contributed by atoms with Crippen LogP contribution in [0.4, 0.5) is 4.39 Å². The molecule has 1 saturated carbocycles. The molecule has 6 heteroatoms. The number of hydrogen-bond acceptors (Lipinski definition) is 3. The highest BCUT2D eigenvalue weighted by Crippen LogP contribution is 2.33. The zero-order chi connectivity index (χ0) is 11.9. The van der Waals surface area contributed by atoms with Crippen molar-refractivity contribution in [3.63, 3.8) is 0 Å². The maximum Gasteiger partial charge on any atom is 0.338 e. The summed E-state index contributed by atoms with van der Waals surface area (Å²) in [5, 5.41) is 8.24. The molecule has 0 bridgehead atoms. The predicted octanol–water partition coefficient (Wildman–Crippen LogP) is 1.46. The Morgan fingerprint density at radius 1 is 1.38 bits per heavy atom. The number of carboxylic acids is 1. The maximum atomic E-state index is 13.0. The molecule has 1 aliphatic carbocycles. The van der Waals surface area contributed by atoms with Crippen LogP contribution in [0.3, 0.4) is 0 Å². The van der Waals surface area contributed by atoms with Crippen LogP contribution in [0.1, 0.15) is 23.2 Å². The fourth-order valence-corrected chi connectivity index (χ4v) is 3.10. The van der Waals surface area contributed by atoms with Gasteiger partial charge in [0.25, 0.3) is 0 Å². The van der Waals surface area contributed by atoms with Crippen LogP contribution in [0, 0.1) is 5.82 Å². The Morgan fingerprint density at radius 3 is 2.50 bits per heavy atom. The van der Waals surface area contributed by atoms with Gasteiger partial charge in [-0.3, -0.25) is 0 Å². The van der Waals surface area contributed by atoms with Gasteiger partial charge < -0.3 is 5.11 Å². The van der Waals surface area contributed by atoms with Crippen molar-refractivity contribution >= 4 is 15.8 Å². The van der Waals surface area contributed by atoms with Gasteiger partial charge in [-0.25, -0.2) is 17.6 Å². The van der Waals surface area contributed by atoms with Crippen LogP contribution in [-0.4, -0.2) is 24.7 Å². The molecular weight excluding hydrogens is 235 g/mol. The van der Waals surface area contributed by atoms with Crippen LogP contribution >= 0.6 is 0 Å². The molecule has 86 valence electrons. The molecule has 1 aromatic rings. The summed E-state index contributed by atoms with van der Waals surface area (Å²) in [6, 6.07) is 2.86. The summed E-state index contributed by atoms with van der Waals surface area (Å²) in [6.07, 6.45) is 1.17. The second-order valence-corrected chi connectivity index (χ2v) is 5.92. The highest BCUT2D eigenvalue weighted by atomic mass is 32.2. The second-order valence-electron chi connectivity index (χ2n) is 3.69. The summed E-state index contributed by atoms with van der Waals surface area (Å²) in [5.41, 5.74) is -0.610. The first kappa shape index (κ1) is 11.1. The van der Waals surface area contributed by atoms with E-state index in [0.29, 0.717) is 12.8 Å². The molecule has 0 radical (unpaired) electrons. The molecular formula is C10H9FO4S. The van der Waals surface area contributed by atoms with Crippen molar-refractivity contribution in [1.82, 2.24) is 0 Å². The van der Waals surface area contributed by atoms with Crippen molar-refractivity contribution in [2.24, 2.45) is 0 Å². The van der Waals surface area contributed by atoms with Gasteiger partial charge >= 0.3 is 5.97 Å². The average molecular weight is 244 g/mol. The lowest BCUT2D eigenvalue weighted by Gasteiger charge is -2.04. The number of rotatable bonds is 3. The lowest BCUT2D eigenvalue weighted by Crippen LogP contribution is -2.09. The molecule has 0 heterocycles. The Bertz CT molecular complexity index is 546. The number of sulfone groups is 1. The normalized spacial score (nSPS) is 16.1. The van der Waals surface area contributed by atoms with Gasteiger partial charge in [0.15, 0.2) is 9.84 Å². The van der Waals surface area contributed by atoms with E-state index >= 15 is 0 Å². The standard InChI is InChI=1S/C10H9FO4S/c11-9-4-3-7(5-8(9)10(12)13)16(14,15)6-1-2-6/h3-6H,1-2H2,(H,12,13). The van der Waals surface area contributed by atoms with E-state index in [1.54, 1.807) is 0 Å². The Balaban J connectivity index is 2.51. The van der Waals surface area contributed by atoms with Gasteiger partial charge in [0.05, 0.1) is 15.7 Å². The SMILES string of the molecule is O=C(O)c1cc(S(=O)(=O)C2CC2)ccc1F. The molecule has 4 nitrogen and oxygen atoms in total. The summed E-state index contributed by atoms with van der Waals surface area (Å²) in [7, 11) is -3.47. The van der Waals surface area contributed by atoms with E-state index in [1.165, 1.54) is 0 Å². The number of halogens is 1. The van der Waals surface area contributed by atoms with E-state index < -0.39 is 32.4 Å². The van der Waals surface area contributed by atoms with Crippen LogP contribution in [0.15, 0.2) is 23.1 Å². The molecule has 1 N–H and O–H groups in total. The Morgan fingerprint density at radius 2 is 2.00 bits per heavy atom. The van der Waals surface area contributed by atoms with Crippen LogP contribution in [-0.2, 0) is 9.84 Å².